The average Bonchev–Trinajstić information content (AvgIpc) is 2.47. The molecule has 0 fully saturated rings. The molecule has 2 aromatic carbocycles. The number of hydrogen-bond donors (Lipinski definition) is 2. The lowest BCUT2D eigenvalue weighted by atomic mass is 9.94. The standard InChI is InChI=1S/C18H19NO3/c1-11-3-8-16-13(9-11)5-4-12(2)19(16)18(22)15-7-6-14(20)10-17(15)21/h3,6-10,12,20-21H,4-5H2,1-2H3. The van der Waals surface area contributed by atoms with Gasteiger partial charge in [-0.1, -0.05) is 17.7 Å². The summed E-state index contributed by atoms with van der Waals surface area (Å²) in [5.74, 6) is -0.497. The quantitative estimate of drug-likeness (QED) is 0.848. The van der Waals surface area contributed by atoms with Crippen molar-refractivity contribution in [1.82, 2.24) is 0 Å². The van der Waals surface area contributed by atoms with Gasteiger partial charge in [0.25, 0.3) is 5.91 Å². The Morgan fingerprint density at radius 3 is 2.68 bits per heavy atom. The fraction of sp³-hybridized carbons (Fsp3) is 0.278. The summed E-state index contributed by atoms with van der Waals surface area (Å²) >= 11 is 0. The fourth-order valence-corrected chi connectivity index (χ4v) is 3.02. The van der Waals surface area contributed by atoms with Crippen LogP contribution in [0.5, 0.6) is 11.5 Å². The first kappa shape index (κ1) is 14.4. The van der Waals surface area contributed by atoms with Crippen LogP contribution in [-0.2, 0) is 6.42 Å². The van der Waals surface area contributed by atoms with E-state index in [9.17, 15) is 15.0 Å². The molecule has 0 spiro atoms. The Morgan fingerprint density at radius 1 is 1.18 bits per heavy atom. The van der Waals surface area contributed by atoms with E-state index in [-0.39, 0.29) is 29.0 Å². The summed E-state index contributed by atoms with van der Waals surface area (Å²) in [6.45, 7) is 4.05. The van der Waals surface area contributed by atoms with Crippen LogP contribution in [0.1, 0.15) is 34.8 Å². The highest BCUT2D eigenvalue weighted by atomic mass is 16.3. The molecule has 1 unspecified atom stereocenters. The molecule has 3 rings (SSSR count). The lowest BCUT2D eigenvalue weighted by Crippen LogP contribution is -2.42. The molecule has 114 valence electrons. The van der Waals surface area contributed by atoms with E-state index in [1.54, 1.807) is 4.90 Å². The predicted octanol–water partition coefficient (Wildman–Crippen LogP) is 3.39. The number of rotatable bonds is 1. The van der Waals surface area contributed by atoms with Crippen molar-refractivity contribution in [2.45, 2.75) is 32.7 Å². The van der Waals surface area contributed by atoms with Crippen LogP contribution < -0.4 is 4.90 Å². The summed E-state index contributed by atoms with van der Waals surface area (Å²) in [5, 5.41) is 19.3. The number of aryl methyl sites for hydroxylation is 2. The van der Waals surface area contributed by atoms with E-state index < -0.39 is 0 Å². The molecule has 0 aromatic heterocycles. The molecule has 1 atom stereocenters. The zero-order valence-corrected chi connectivity index (χ0v) is 12.7. The molecule has 0 bridgehead atoms. The van der Waals surface area contributed by atoms with E-state index in [4.69, 9.17) is 0 Å². The van der Waals surface area contributed by atoms with E-state index in [0.717, 1.165) is 24.1 Å². The van der Waals surface area contributed by atoms with Gasteiger partial charge in [-0.05, 0) is 50.5 Å². The molecule has 0 radical (unpaired) electrons. The number of fused-ring (bicyclic) bond motifs is 1. The maximum Gasteiger partial charge on any atom is 0.262 e. The molecule has 0 saturated carbocycles. The Labute approximate surface area is 129 Å². The van der Waals surface area contributed by atoms with Crippen molar-refractivity contribution in [3.05, 3.63) is 53.1 Å². The summed E-state index contributed by atoms with van der Waals surface area (Å²) < 4.78 is 0. The molecule has 2 N–H and O–H groups in total. The van der Waals surface area contributed by atoms with Crippen molar-refractivity contribution < 1.29 is 15.0 Å². The Hall–Kier alpha value is -2.49. The number of phenols is 2. The average molecular weight is 297 g/mol. The summed E-state index contributed by atoms with van der Waals surface area (Å²) in [5.41, 5.74) is 3.44. The van der Waals surface area contributed by atoms with Gasteiger partial charge in [0.2, 0.25) is 0 Å². The third kappa shape index (κ3) is 2.41. The van der Waals surface area contributed by atoms with E-state index >= 15 is 0 Å². The van der Waals surface area contributed by atoms with Gasteiger partial charge in [0.1, 0.15) is 11.5 Å². The SMILES string of the molecule is Cc1ccc2c(c1)CCC(C)N2C(=O)c1ccc(O)cc1O. The second-order valence-electron chi connectivity index (χ2n) is 5.90. The third-order valence-corrected chi connectivity index (χ3v) is 4.20. The first-order valence-corrected chi connectivity index (χ1v) is 7.42. The zero-order chi connectivity index (χ0) is 15.9. The van der Waals surface area contributed by atoms with Crippen LogP contribution in [-0.4, -0.2) is 22.2 Å². The molecule has 1 amide bonds. The van der Waals surface area contributed by atoms with E-state index in [2.05, 4.69) is 6.07 Å². The molecular weight excluding hydrogens is 278 g/mol. The lowest BCUT2D eigenvalue weighted by Gasteiger charge is -2.35. The number of phenolic OH excluding ortho intramolecular Hbond substituents is 2. The van der Waals surface area contributed by atoms with Gasteiger partial charge >= 0.3 is 0 Å². The smallest absolute Gasteiger partial charge is 0.262 e. The number of amides is 1. The third-order valence-electron chi connectivity index (χ3n) is 4.20. The fourth-order valence-electron chi connectivity index (χ4n) is 3.02. The molecule has 2 aromatic rings. The van der Waals surface area contributed by atoms with Gasteiger partial charge in [-0.3, -0.25) is 4.79 Å². The van der Waals surface area contributed by atoms with E-state index in [1.807, 2.05) is 26.0 Å². The highest BCUT2D eigenvalue weighted by Crippen LogP contribution is 2.34. The molecule has 1 aliphatic heterocycles. The molecular formula is C18H19NO3. The maximum atomic E-state index is 12.9. The van der Waals surface area contributed by atoms with Crippen molar-refractivity contribution >= 4 is 11.6 Å². The monoisotopic (exact) mass is 297 g/mol. The van der Waals surface area contributed by atoms with Gasteiger partial charge in [-0.15, -0.1) is 0 Å². The largest absolute Gasteiger partial charge is 0.508 e. The number of aromatic hydroxyl groups is 2. The number of carbonyl (C=O) groups is 1. The Morgan fingerprint density at radius 2 is 1.95 bits per heavy atom. The van der Waals surface area contributed by atoms with Crippen LogP contribution in [0.4, 0.5) is 5.69 Å². The zero-order valence-electron chi connectivity index (χ0n) is 12.7. The minimum atomic E-state index is -0.241. The summed E-state index contributed by atoms with van der Waals surface area (Å²) in [6, 6.07) is 10.2. The summed E-state index contributed by atoms with van der Waals surface area (Å²) in [7, 11) is 0. The van der Waals surface area contributed by atoms with Gasteiger partial charge in [0.05, 0.1) is 5.56 Å². The van der Waals surface area contributed by atoms with Crippen molar-refractivity contribution in [2.24, 2.45) is 0 Å². The number of hydrogen-bond acceptors (Lipinski definition) is 3. The Kier molecular flexibility index (Phi) is 3.53. The van der Waals surface area contributed by atoms with Crippen LogP contribution in [0.2, 0.25) is 0 Å². The molecule has 4 heteroatoms. The molecule has 1 aliphatic rings. The van der Waals surface area contributed by atoms with Crippen molar-refractivity contribution in [3.8, 4) is 11.5 Å². The number of nitrogens with zero attached hydrogens (tertiary/aromatic N) is 1. The summed E-state index contributed by atoms with van der Waals surface area (Å²) in [6.07, 6.45) is 1.84. The van der Waals surface area contributed by atoms with Crippen molar-refractivity contribution in [3.63, 3.8) is 0 Å². The molecule has 0 saturated heterocycles. The van der Waals surface area contributed by atoms with Gasteiger partial charge in [-0.2, -0.15) is 0 Å². The molecule has 0 aliphatic carbocycles. The second-order valence-corrected chi connectivity index (χ2v) is 5.90. The second kappa shape index (κ2) is 5.37. The topological polar surface area (TPSA) is 60.8 Å². The maximum absolute atomic E-state index is 12.9. The van der Waals surface area contributed by atoms with Gasteiger partial charge in [0.15, 0.2) is 0 Å². The molecule has 4 nitrogen and oxygen atoms in total. The Bertz CT molecular complexity index is 739. The number of anilines is 1. The number of carbonyl (C=O) groups excluding carboxylic acids is 1. The van der Waals surface area contributed by atoms with Crippen molar-refractivity contribution in [1.29, 1.82) is 0 Å². The predicted molar refractivity (Wildman–Crippen MR) is 85.5 cm³/mol. The van der Waals surface area contributed by atoms with Crippen LogP contribution >= 0.6 is 0 Å². The molecule has 1 heterocycles. The van der Waals surface area contributed by atoms with Gasteiger partial charge in [-0.25, -0.2) is 0 Å². The highest BCUT2D eigenvalue weighted by molar-refractivity contribution is 6.08. The van der Waals surface area contributed by atoms with Gasteiger partial charge < -0.3 is 15.1 Å². The van der Waals surface area contributed by atoms with Crippen molar-refractivity contribution in [2.75, 3.05) is 4.90 Å². The van der Waals surface area contributed by atoms with E-state index in [0.29, 0.717) is 0 Å². The number of benzene rings is 2. The van der Waals surface area contributed by atoms with Crippen LogP contribution in [0.15, 0.2) is 36.4 Å². The Balaban J connectivity index is 2.05. The summed E-state index contributed by atoms with van der Waals surface area (Å²) in [4.78, 5) is 14.6. The minimum absolute atomic E-state index is 0.0585. The first-order chi connectivity index (χ1) is 10.5. The van der Waals surface area contributed by atoms with Crippen LogP contribution in [0.25, 0.3) is 0 Å². The van der Waals surface area contributed by atoms with Crippen LogP contribution in [0, 0.1) is 6.92 Å². The minimum Gasteiger partial charge on any atom is -0.508 e. The van der Waals surface area contributed by atoms with Crippen LogP contribution in [0.3, 0.4) is 0 Å². The van der Waals surface area contributed by atoms with E-state index in [1.165, 1.54) is 23.8 Å². The first-order valence-electron chi connectivity index (χ1n) is 7.42. The van der Waals surface area contributed by atoms with Gasteiger partial charge in [0, 0.05) is 17.8 Å². The molecule has 22 heavy (non-hydrogen) atoms. The normalized spacial score (nSPS) is 17.2. The highest BCUT2D eigenvalue weighted by Gasteiger charge is 2.30. The lowest BCUT2D eigenvalue weighted by molar-refractivity contribution is 0.0972.